The standard InChI is InChI=1S/C23H22N4O2/c1-15-9-10-18-20(11-15)27(13-19(23(18)29)17-7-5-4-6-8-17)14-22(28)24-21-12-16(2)25-26(21)3/h4-13H,14H2,1-3H3,(H,24,28). The Balaban J connectivity index is 1.79. The Morgan fingerprint density at radius 3 is 2.52 bits per heavy atom. The molecule has 6 nitrogen and oxygen atoms in total. The Labute approximate surface area is 168 Å². The molecule has 6 heteroatoms. The van der Waals surface area contributed by atoms with Gasteiger partial charge >= 0.3 is 0 Å². The topological polar surface area (TPSA) is 68.9 Å². The second-order valence-corrected chi connectivity index (χ2v) is 7.23. The number of carbonyl (C=O) groups is 1. The van der Waals surface area contributed by atoms with E-state index in [2.05, 4.69) is 10.4 Å². The van der Waals surface area contributed by atoms with Crippen LogP contribution >= 0.6 is 0 Å². The van der Waals surface area contributed by atoms with Crippen LogP contribution in [0.1, 0.15) is 11.3 Å². The molecule has 0 bridgehead atoms. The molecule has 2 aromatic carbocycles. The zero-order valence-electron chi connectivity index (χ0n) is 16.6. The second-order valence-electron chi connectivity index (χ2n) is 7.23. The summed E-state index contributed by atoms with van der Waals surface area (Å²) in [4.78, 5) is 25.8. The minimum atomic E-state index is -0.182. The first kappa shape index (κ1) is 18.7. The number of benzene rings is 2. The molecule has 0 aliphatic carbocycles. The van der Waals surface area contributed by atoms with Crippen LogP contribution in [0.3, 0.4) is 0 Å². The van der Waals surface area contributed by atoms with E-state index in [1.165, 1.54) is 0 Å². The number of aryl methyl sites for hydroxylation is 3. The number of aromatic nitrogens is 3. The van der Waals surface area contributed by atoms with Gasteiger partial charge in [-0.25, -0.2) is 0 Å². The Kier molecular flexibility index (Phi) is 4.76. The van der Waals surface area contributed by atoms with E-state index in [4.69, 9.17) is 0 Å². The van der Waals surface area contributed by atoms with Crippen molar-refractivity contribution in [2.24, 2.45) is 7.05 Å². The van der Waals surface area contributed by atoms with Gasteiger partial charge < -0.3 is 9.88 Å². The smallest absolute Gasteiger partial charge is 0.245 e. The fraction of sp³-hybridized carbons (Fsp3) is 0.174. The largest absolute Gasteiger partial charge is 0.337 e. The number of hydrogen-bond donors (Lipinski definition) is 1. The summed E-state index contributed by atoms with van der Waals surface area (Å²) in [5.41, 5.74) is 3.97. The minimum Gasteiger partial charge on any atom is -0.337 e. The lowest BCUT2D eigenvalue weighted by atomic mass is 10.0. The third-order valence-electron chi connectivity index (χ3n) is 4.91. The molecular weight excluding hydrogens is 364 g/mol. The molecule has 29 heavy (non-hydrogen) atoms. The quantitative estimate of drug-likeness (QED) is 0.582. The van der Waals surface area contributed by atoms with Gasteiger partial charge in [0.05, 0.1) is 11.2 Å². The van der Waals surface area contributed by atoms with Crippen molar-refractivity contribution in [3.05, 3.63) is 82.3 Å². The van der Waals surface area contributed by atoms with Crippen LogP contribution in [0.15, 0.2) is 65.6 Å². The summed E-state index contributed by atoms with van der Waals surface area (Å²) in [5.74, 6) is 0.454. The molecule has 0 saturated heterocycles. The fourth-order valence-corrected chi connectivity index (χ4v) is 3.52. The summed E-state index contributed by atoms with van der Waals surface area (Å²) in [6, 6.07) is 17.0. The SMILES string of the molecule is Cc1ccc2c(=O)c(-c3ccccc3)cn(CC(=O)Nc3cc(C)nn3C)c2c1. The van der Waals surface area contributed by atoms with Gasteiger partial charge in [-0.15, -0.1) is 0 Å². The Hall–Kier alpha value is -3.67. The van der Waals surface area contributed by atoms with Crippen LogP contribution in [-0.2, 0) is 18.4 Å². The van der Waals surface area contributed by atoms with Crippen molar-refractivity contribution in [2.45, 2.75) is 20.4 Å². The molecule has 0 unspecified atom stereocenters. The van der Waals surface area contributed by atoms with Crippen LogP contribution in [0.25, 0.3) is 22.0 Å². The van der Waals surface area contributed by atoms with Gasteiger partial charge in [-0.1, -0.05) is 36.4 Å². The van der Waals surface area contributed by atoms with E-state index < -0.39 is 0 Å². The first-order valence-corrected chi connectivity index (χ1v) is 9.42. The van der Waals surface area contributed by atoms with Gasteiger partial charge in [-0.3, -0.25) is 14.3 Å². The van der Waals surface area contributed by atoms with Crippen molar-refractivity contribution in [2.75, 3.05) is 5.32 Å². The van der Waals surface area contributed by atoms with Crippen LogP contribution in [0.5, 0.6) is 0 Å². The van der Waals surface area contributed by atoms with Crippen LogP contribution < -0.4 is 10.7 Å². The van der Waals surface area contributed by atoms with E-state index in [0.29, 0.717) is 16.8 Å². The number of nitrogens with zero attached hydrogens (tertiary/aromatic N) is 3. The van der Waals surface area contributed by atoms with Crippen molar-refractivity contribution in [3.63, 3.8) is 0 Å². The Morgan fingerprint density at radius 2 is 1.83 bits per heavy atom. The molecule has 0 spiro atoms. The van der Waals surface area contributed by atoms with Crippen LogP contribution in [-0.4, -0.2) is 20.3 Å². The monoisotopic (exact) mass is 386 g/mol. The average molecular weight is 386 g/mol. The predicted molar refractivity (Wildman–Crippen MR) is 115 cm³/mol. The third-order valence-corrected chi connectivity index (χ3v) is 4.91. The molecule has 0 atom stereocenters. The molecular formula is C23H22N4O2. The second kappa shape index (κ2) is 7.39. The highest BCUT2D eigenvalue weighted by atomic mass is 16.2. The molecule has 0 aliphatic heterocycles. The zero-order valence-corrected chi connectivity index (χ0v) is 16.6. The van der Waals surface area contributed by atoms with Gasteiger partial charge in [0.1, 0.15) is 12.4 Å². The van der Waals surface area contributed by atoms with Crippen molar-refractivity contribution in [3.8, 4) is 11.1 Å². The molecule has 4 rings (SSSR count). The van der Waals surface area contributed by atoms with Gasteiger partial charge in [0.15, 0.2) is 5.43 Å². The van der Waals surface area contributed by atoms with E-state index in [0.717, 1.165) is 22.3 Å². The van der Waals surface area contributed by atoms with E-state index in [-0.39, 0.29) is 17.9 Å². The summed E-state index contributed by atoms with van der Waals surface area (Å²) in [5, 5.41) is 7.75. The Bertz CT molecular complexity index is 1270. The van der Waals surface area contributed by atoms with E-state index in [9.17, 15) is 9.59 Å². The highest BCUT2D eigenvalue weighted by Gasteiger charge is 2.14. The van der Waals surface area contributed by atoms with Crippen LogP contribution in [0.2, 0.25) is 0 Å². The first-order valence-electron chi connectivity index (χ1n) is 9.42. The number of anilines is 1. The lowest BCUT2D eigenvalue weighted by Gasteiger charge is -2.14. The fourth-order valence-electron chi connectivity index (χ4n) is 3.52. The van der Waals surface area contributed by atoms with E-state index in [1.807, 2.05) is 73.0 Å². The molecule has 4 aromatic rings. The molecule has 0 fully saturated rings. The van der Waals surface area contributed by atoms with Crippen molar-refractivity contribution in [1.29, 1.82) is 0 Å². The maximum atomic E-state index is 13.1. The van der Waals surface area contributed by atoms with Gasteiger partial charge in [-0.05, 0) is 37.1 Å². The maximum absolute atomic E-state index is 13.1. The maximum Gasteiger partial charge on any atom is 0.245 e. The number of hydrogen-bond acceptors (Lipinski definition) is 3. The molecule has 0 radical (unpaired) electrons. The lowest BCUT2D eigenvalue weighted by Crippen LogP contribution is -2.22. The van der Waals surface area contributed by atoms with E-state index >= 15 is 0 Å². The first-order chi connectivity index (χ1) is 13.9. The molecule has 0 saturated carbocycles. The number of rotatable bonds is 4. The third kappa shape index (κ3) is 3.69. The molecule has 2 aromatic heterocycles. The molecule has 146 valence electrons. The predicted octanol–water partition coefficient (Wildman–Crippen LogP) is 3.66. The number of carbonyl (C=O) groups excluding carboxylic acids is 1. The minimum absolute atomic E-state index is 0.0369. The van der Waals surface area contributed by atoms with Crippen LogP contribution in [0.4, 0.5) is 5.82 Å². The number of amides is 1. The summed E-state index contributed by atoms with van der Waals surface area (Å²) < 4.78 is 3.47. The summed E-state index contributed by atoms with van der Waals surface area (Å²) in [6.45, 7) is 3.93. The van der Waals surface area contributed by atoms with Crippen molar-refractivity contribution < 1.29 is 4.79 Å². The normalized spacial score (nSPS) is 11.0. The van der Waals surface area contributed by atoms with E-state index in [1.54, 1.807) is 17.9 Å². The Morgan fingerprint density at radius 1 is 1.07 bits per heavy atom. The summed E-state index contributed by atoms with van der Waals surface area (Å²) >= 11 is 0. The summed E-state index contributed by atoms with van der Waals surface area (Å²) in [7, 11) is 1.79. The number of fused-ring (bicyclic) bond motifs is 1. The zero-order chi connectivity index (χ0) is 20.5. The van der Waals surface area contributed by atoms with Gasteiger partial charge in [-0.2, -0.15) is 5.10 Å². The molecule has 2 heterocycles. The summed E-state index contributed by atoms with van der Waals surface area (Å²) in [6.07, 6.45) is 1.77. The van der Waals surface area contributed by atoms with Gasteiger partial charge in [0.25, 0.3) is 0 Å². The number of pyridine rings is 1. The molecule has 0 aliphatic rings. The lowest BCUT2D eigenvalue weighted by molar-refractivity contribution is -0.116. The highest BCUT2D eigenvalue weighted by Crippen LogP contribution is 2.21. The molecule has 1 N–H and O–H groups in total. The average Bonchev–Trinajstić information content (AvgIpc) is 3.01. The van der Waals surface area contributed by atoms with Gasteiger partial charge in [0.2, 0.25) is 5.91 Å². The highest BCUT2D eigenvalue weighted by molar-refractivity contribution is 5.92. The van der Waals surface area contributed by atoms with Crippen LogP contribution in [0, 0.1) is 13.8 Å². The van der Waals surface area contributed by atoms with Gasteiger partial charge in [0, 0.05) is 30.3 Å². The van der Waals surface area contributed by atoms with Crippen molar-refractivity contribution >= 4 is 22.6 Å². The molecule has 1 amide bonds. The van der Waals surface area contributed by atoms with Crippen molar-refractivity contribution in [1.82, 2.24) is 14.3 Å². The number of nitrogens with one attached hydrogen (secondary N) is 1.